The SMILES string of the molecule is C=C/C(=C\C(=C/C)c1nnc(-c2ccc3c(c2)S(=O)c2ccccc2C3=O)o1)C(=O)O. The van der Waals surface area contributed by atoms with Gasteiger partial charge in [-0.2, -0.15) is 0 Å². The summed E-state index contributed by atoms with van der Waals surface area (Å²) in [4.78, 5) is 24.8. The number of aromatic nitrogens is 2. The number of carbonyl (C=O) groups is 2. The Bertz CT molecular complexity index is 1330. The summed E-state index contributed by atoms with van der Waals surface area (Å²) in [6.07, 6.45) is 4.24. The summed E-state index contributed by atoms with van der Waals surface area (Å²) in [5.74, 6) is -1.03. The highest BCUT2D eigenvalue weighted by molar-refractivity contribution is 7.85. The van der Waals surface area contributed by atoms with Crippen molar-refractivity contribution in [1.82, 2.24) is 10.2 Å². The molecule has 2 aromatic carbocycles. The smallest absolute Gasteiger partial charge is 0.335 e. The highest BCUT2D eigenvalue weighted by Gasteiger charge is 2.29. The van der Waals surface area contributed by atoms with Gasteiger partial charge in [0.05, 0.1) is 26.2 Å². The van der Waals surface area contributed by atoms with Gasteiger partial charge in [-0.3, -0.25) is 4.79 Å². The number of hydrogen-bond donors (Lipinski definition) is 1. The van der Waals surface area contributed by atoms with Gasteiger partial charge in [0.15, 0.2) is 5.78 Å². The molecule has 4 rings (SSSR count). The van der Waals surface area contributed by atoms with Gasteiger partial charge in [-0.15, -0.1) is 10.2 Å². The maximum absolute atomic E-state index is 13.0. The van der Waals surface area contributed by atoms with Crippen LogP contribution >= 0.6 is 0 Å². The van der Waals surface area contributed by atoms with Crippen LogP contribution in [-0.2, 0) is 15.6 Å². The Labute approximate surface area is 179 Å². The van der Waals surface area contributed by atoms with Gasteiger partial charge in [0.2, 0.25) is 11.8 Å². The van der Waals surface area contributed by atoms with Crippen LogP contribution in [0.2, 0.25) is 0 Å². The molecule has 1 N–H and O–H groups in total. The van der Waals surface area contributed by atoms with Crippen LogP contribution in [0.15, 0.2) is 87.1 Å². The number of benzene rings is 2. The molecule has 2 heterocycles. The van der Waals surface area contributed by atoms with E-state index < -0.39 is 16.8 Å². The van der Waals surface area contributed by atoms with Crippen LogP contribution in [0.4, 0.5) is 0 Å². The minimum absolute atomic E-state index is 0.0193. The Hall–Kier alpha value is -3.91. The molecule has 0 bridgehead atoms. The first kappa shape index (κ1) is 20.4. The van der Waals surface area contributed by atoms with Crippen molar-refractivity contribution in [2.45, 2.75) is 16.7 Å². The van der Waals surface area contributed by atoms with Gasteiger partial charge in [0.1, 0.15) is 0 Å². The largest absolute Gasteiger partial charge is 0.478 e. The van der Waals surface area contributed by atoms with Crippen molar-refractivity contribution in [3.05, 3.63) is 89.9 Å². The molecular weight excluding hydrogens is 416 g/mol. The van der Waals surface area contributed by atoms with Gasteiger partial charge in [-0.05, 0) is 43.3 Å². The second-order valence-corrected chi connectivity index (χ2v) is 7.99. The molecule has 1 unspecified atom stereocenters. The fourth-order valence-electron chi connectivity index (χ4n) is 3.18. The Morgan fingerprint density at radius 3 is 2.58 bits per heavy atom. The Balaban J connectivity index is 1.73. The molecule has 1 atom stereocenters. The zero-order valence-electron chi connectivity index (χ0n) is 16.4. The second kappa shape index (κ2) is 8.08. The molecule has 0 amide bonds. The van der Waals surface area contributed by atoms with Crippen molar-refractivity contribution in [1.29, 1.82) is 0 Å². The third kappa shape index (κ3) is 3.57. The number of rotatable bonds is 5. The van der Waals surface area contributed by atoms with Crippen LogP contribution in [0.3, 0.4) is 0 Å². The summed E-state index contributed by atoms with van der Waals surface area (Å²) in [6, 6.07) is 11.7. The monoisotopic (exact) mass is 432 g/mol. The van der Waals surface area contributed by atoms with E-state index in [1.165, 1.54) is 12.2 Å². The summed E-state index contributed by atoms with van der Waals surface area (Å²) in [5.41, 5.74) is 1.70. The standard InChI is InChI=1S/C23H16N2O5S/c1-3-13(11-14(4-2)23(27)28)21-24-25-22(30-21)15-9-10-17-19(12-15)31(29)18-8-6-5-7-16(18)20(17)26/h3-12H,2H2,1H3,(H,27,28)/b13-3+,14-11+. The van der Waals surface area contributed by atoms with E-state index in [4.69, 9.17) is 4.42 Å². The molecule has 0 spiro atoms. The molecule has 1 aliphatic rings. The number of carbonyl (C=O) groups excluding carboxylic acids is 1. The van der Waals surface area contributed by atoms with Crippen molar-refractivity contribution in [3.63, 3.8) is 0 Å². The van der Waals surface area contributed by atoms with E-state index in [9.17, 15) is 18.9 Å². The molecule has 31 heavy (non-hydrogen) atoms. The number of ketones is 1. The summed E-state index contributed by atoms with van der Waals surface area (Å²) < 4.78 is 18.7. The summed E-state index contributed by atoms with van der Waals surface area (Å²) in [5, 5.41) is 17.2. The van der Waals surface area contributed by atoms with E-state index in [1.807, 2.05) is 0 Å². The van der Waals surface area contributed by atoms with Gasteiger partial charge in [-0.1, -0.05) is 30.9 Å². The summed E-state index contributed by atoms with van der Waals surface area (Å²) in [7, 11) is -1.52. The Kier molecular flexibility index (Phi) is 5.31. The van der Waals surface area contributed by atoms with Gasteiger partial charge < -0.3 is 9.52 Å². The lowest BCUT2D eigenvalue weighted by atomic mass is 10.0. The lowest BCUT2D eigenvalue weighted by Crippen LogP contribution is -2.16. The summed E-state index contributed by atoms with van der Waals surface area (Å²) in [6.45, 7) is 5.20. The number of fused-ring (bicyclic) bond motifs is 2. The zero-order chi connectivity index (χ0) is 22.1. The van der Waals surface area contributed by atoms with E-state index in [2.05, 4.69) is 16.8 Å². The molecule has 0 radical (unpaired) electrons. The fourth-order valence-corrected chi connectivity index (χ4v) is 4.57. The molecule has 8 heteroatoms. The van der Waals surface area contributed by atoms with Crippen molar-refractivity contribution in [2.24, 2.45) is 0 Å². The molecule has 7 nitrogen and oxygen atoms in total. The number of aliphatic carboxylic acids is 1. The Morgan fingerprint density at radius 1 is 1.13 bits per heavy atom. The molecule has 0 saturated heterocycles. The topological polar surface area (TPSA) is 110 Å². The fraction of sp³-hybridized carbons (Fsp3) is 0.0435. The van der Waals surface area contributed by atoms with E-state index in [1.54, 1.807) is 55.5 Å². The van der Waals surface area contributed by atoms with Crippen LogP contribution in [0.5, 0.6) is 0 Å². The van der Waals surface area contributed by atoms with E-state index in [-0.39, 0.29) is 23.1 Å². The Morgan fingerprint density at radius 2 is 1.87 bits per heavy atom. The number of allylic oxidation sites excluding steroid dienone is 3. The highest BCUT2D eigenvalue weighted by Crippen LogP contribution is 2.34. The molecule has 3 aromatic rings. The van der Waals surface area contributed by atoms with Crippen LogP contribution in [-0.4, -0.2) is 31.3 Å². The van der Waals surface area contributed by atoms with Gasteiger partial charge >= 0.3 is 5.97 Å². The molecule has 1 aliphatic heterocycles. The maximum atomic E-state index is 13.0. The average Bonchev–Trinajstić information content (AvgIpc) is 3.28. The number of nitrogens with zero attached hydrogens (tertiary/aromatic N) is 2. The van der Waals surface area contributed by atoms with E-state index in [0.29, 0.717) is 32.1 Å². The minimum Gasteiger partial charge on any atom is -0.478 e. The number of carboxylic acid groups (broad SMARTS) is 1. The van der Waals surface area contributed by atoms with Gasteiger partial charge in [0.25, 0.3) is 0 Å². The quantitative estimate of drug-likeness (QED) is 0.374. The van der Waals surface area contributed by atoms with Gasteiger partial charge in [-0.25, -0.2) is 9.00 Å². The lowest BCUT2D eigenvalue weighted by Gasteiger charge is -2.17. The first-order chi connectivity index (χ1) is 14.9. The van der Waals surface area contributed by atoms with Crippen LogP contribution < -0.4 is 0 Å². The van der Waals surface area contributed by atoms with Crippen LogP contribution in [0.1, 0.15) is 28.7 Å². The average molecular weight is 432 g/mol. The third-order valence-corrected chi connectivity index (χ3v) is 6.26. The predicted octanol–water partition coefficient (Wildman–Crippen LogP) is 4.05. The minimum atomic E-state index is -1.52. The van der Waals surface area contributed by atoms with Crippen molar-refractivity contribution >= 4 is 28.1 Å². The lowest BCUT2D eigenvalue weighted by molar-refractivity contribution is -0.132. The highest BCUT2D eigenvalue weighted by atomic mass is 32.2. The van der Waals surface area contributed by atoms with Crippen LogP contribution in [0.25, 0.3) is 17.0 Å². The van der Waals surface area contributed by atoms with E-state index >= 15 is 0 Å². The van der Waals surface area contributed by atoms with Crippen molar-refractivity contribution in [3.8, 4) is 11.5 Å². The summed E-state index contributed by atoms with van der Waals surface area (Å²) >= 11 is 0. The first-order valence-electron chi connectivity index (χ1n) is 9.22. The van der Waals surface area contributed by atoms with Crippen molar-refractivity contribution < 1.29 is 23.3 Å². The van der Waals surface area contributed by atoms with Gasteiger partial charge in [0, 0.05) is 22.3 Å². The number of hydrogen-bond acceptors (Lipinski definition) is 6. The molecule has 0 aliphatic carbocycles. The van der Waals surface area contributed by atoms with Crippen molar-refractivity contribution in [2.75, 3.05) is 0 Å². The first-order valence-corrected chi connectivity index (χ1v) is 10.4. The maximum Gasteiger partial charge on any atom is 0.335 e. The zero-order valence-corrected chi connectivity index (χ0v) is 17.2. The number of carboxylic acids is 1. The molecule has 0 fully saturated rings. The van der Waals surface area contributed by atoms with E-state index in [0.717, 1.165) is 0 Å². The molecule has 1 aromatic heterocycles. The second-order valence-electron chi connectivity index (χ2n) is 6.57. The molecule has 154 valence electrons. The normalized spacial score (nSPS) is 15.9. The predicted molar refractivity (Wildman–Crippen MR) is 114 cm³/mol. The van der Waals surface area contributed by atoms with Crippen LogP contribution in [0, 0.1) is 0 Å². The third-order valence-electron chi connectivity index (χ3n) is 4.77. The molecular formula is C23H16N2O5S. The molecule has 0 saturated carbocycles.